The summed E-state index contributed by atoms with van der Waals surface area (Å²) in [4.78, 5) is 1.53. The summed E-state index contributed by atoms with van der Waals surface area (Å²) in [5, 5.41) is 4.95. The number of nitrogens with one attached hydrogen (secondary N) is 1. The molecule has 1 aliphatic heterocycles. The first kappa shape index (κ1) is 16.0. The highest BCUT2D eigenvalue weighted by atomic mass is 32.1. The van der Waals surface area contributed by atoms with Crippen LogP contribution in [0.5, 0.6) is 0 Å². The van der Waals surface area contributed by atoms with Crippen LogP contribution in [0.3, 0.4) is 0 Å². The third-order valence-electron chi connectivity index (χ3n) is 5.50. The Morgan fingerprint density at radius 3 is 2.50 bits per heavy atom. The van der Waals surface area contributed by atoms with Gasteiger partial charge < -0.3 is 4.90 Å². The molecule has 1 saturated carbocycles. The zero-order chi connectivity index (χ0) is 17.5. The molecule has 132 valence electrons. The Kier molecular flexibility index (Phi) is 3.98. The lowest BCUT2D eigenvalue weighted by atomic mass is 10.0. The Morgan fingerprint density at radius 2 is 1.73 bits per heavy atom. The number of quaternary nitrogens is 1. The molecule has 1 fully saturated rings. The first-order chi connectivity index (χ1) is 12.8. The zero-order valence-electron chi connectivity index (χ0n) is 14.8. The van der Waals surface area contributed by atoms with Gasteiger partial charge in [-0.05, 0) is 42.8 Å². The third kappa shape index (κ3) is 2.91. The first-order valence-corrected chi connectivity index (χ1v) is 9.86. The molecule has 2 heterocycles. The van der Waals surface area contributed by atoms with E-state index >= 15 is 0 Å². The van der Waals surface area contributed by atoms with Crippen LogP contribution in [0.4, 0.5) is 0 Å². The van der Waals surface area contributed by atoms with Crippen molar-refractivity contribution in [1.82, 2.24) is 14.3 Å². The van der Waals surface area contributed by atoms with Crippen molar-refractivity contribution in [3.8, 4) is 5.69 Å². The third-order valence-corrected chi connectivity index (χ3v) is 5.89. The largest absolute Gasteiger partial charge is 0.312 e. The number of para-hydroxylation sites is 1. The van der Waals surface area contributed by atoms with Gasteiger partial charge in [-0.25, -0.2) is 0 Å². The van der Waals surface area contributed by atoms with Crippen molar-refractivity contribution >= 4 is 12.2 Å². The smallest absolute Gasteiger partial charge is 0.207 e. The molecule has 26 heavy (non-hydrogen) atoms. The molecule has 3 aromatic rings. The zero-order valence-corrected chi connectivity index (χ0v) is 15.6. The van der Waals surface area contributed by atoms with Gasteiger partial charge in [0.1, 0.15) is 12.4 Å². The maximum Gasteiger partial charge on any atom is 0.207 e. The predicted octanol–water partition coefficient (Wildman–Crippen LogP) is 2.88. The van der Waals surface area contributed by atoms with Crippen molar-refractivity contribution in [2.75, 3.05) is 6.54 Å². The highest BCUT2D eigenvalue weighted by Crippen LogP contribution is 2.40. The number of benzene rings is 2. The molecular weight excluding hydrogens is 340 g/mol. The molecule has 2 aromatic carbocycles. The Morgan fingerprint density at radius 1 is 1.00 bits per heavy atom. The van der Waals surface area contributed by atoms with Crippen LogP contribution >= 0.6 is 12.2 Å². The molecule has 1 aromatic heterocycles. The summed E-state index contributed by atoms with van der Waals surface area (Å²) in [6.07, 6.45) is 3.58. The van der Waals surface area contributed by atoms with Gasteiger partial charge in [0.2, 0.25) is 4.77 Å². The number of fused-ring (bicyclic) bond motifs is 1. The van der Waals surface area contributed by atoms with E-state index in [1.807, 2.05) is 6.07 Å². The van der Waals surface area contributed by atoms with E-state index in [0.29, 0.717) is 5.92 Å². The summed E-state index contributed by atoms with van der Waals surface area (Å²) < 4.78 is 5.06. The fraction of sp³-hybridized carbons (Fsp3) is 0.333. The van der Waals surface area contributed by atoms with Crippen molar-refractivity contribution in [3.63, 3.8) is 0 Å². The SMILES string of the molecule is S=c1n(C[NH+]2CCc3ccccc3C2)nc(C2CC2)n1-c1ccccc1. The van der Waals surface area contributed by atoms with Gasteiger partial charge in [-0.2, -0.15) is 9.78 Å². The molecule has 5 heteroatoms. The van der Waals surface area contributed by atoms with Gasteiger partial charge in [0, 0.05) is 23.6 Å². The second-order valence-corrected chi connectivity index (χ2v) is 7.80. The molecule has 4 nitrogen and oxygen atoms in total. The van der Waals surface area contributed by atoms with Crippen molar-refractivity contribution < 1.29 is 4.90 Å². The maximum absolute atomic E-state index is 5.84. The van der Waals surface area contributed by atoms with Gasteiger partial charge in [-0.15, -0.1) is 0 Å². The van der Waals surface area contributed by atoms with Crippen LogP contribution in [0.2, 0.25) is 0 Å². The fourth-order valence-electron chi connectivity index (χ4n) is 3.94. The molecule has 1 aliphatic carbocycles. The Balaban J connectivity index is 1.46. The fourth-order valence-corrected chi connectivity index (χ4v) is 4.25. The average molecular weight is 364 g/mol. The quantitative estimate of drug-likeness (QED) is 0.722. The van der Waals surface area contributed by atoms with Crippen LogP contribution in [-0.4, -0.2) is 20.9 Å². The van der Waals surface area contributed by atoms with Crippen LogP contribution < -0.4 is 4.90 Å². The molecule has 5 rings (SSSR count). The number of nitrogens with zero attached hydrogens (tertiary/aromatic N) is 3. The second kappa shape index (κ2) is 6.49. The van der Waals surface area contributed by atoms with E-state index in [4.69, 9.17) is 17.3 Å². The van der Waals surface area contributed by atoms with E-state index < -0.39 is 0 Å². The summed E-state index contributed by atoms with van der Waals surface area (Å²) in [6, 6.07) is 19.2. The maximum atomic E-state index is 5.84. The van der Waals surface area contributed by atoms with E-state index in [1.165, 1.54) is 28.9 Å². The van der Waals surface area contributed by atoms with E-state index in [2.05, 4.69) is 57.8 Å². The summed E-state index contributed by atoms with van der Waals surface area (Å²) in [5.41, 5.74) is 4.09. The lowest BCUT2D eigenvalue weighted by Crippen LogP contribution is -3.11. The van der Waals surface area contributed by atoms with Crippen LogP contribution in [0.15, 0.2) is 54.6 Å². The van der Waals surface area contributed by atoms with Crippen molar-refractivity contribution in [3.05, 3.63) is 76.3 Å². The molecule has 0 radical (unpaired) electrons. The summed E-state index contributed by atoms with van der Waals surface area (Å²) in [7, 11) is 0. The van der Waals surface area contributed by atoms with E-state index in [-0.39, 0.29) is 0 Å². The molecule has 0 amide bonds. The van der Waals surface area contributed by atoms with Gasteiger partial charge in [-0.1, -0.05) is 42.5 Å². The van der Waals surface area contributed by atoms with Crippen molar-refractivity contribution in [2.45, 2.75) is 38.4 Å². The number of aromatic nitrogens is 3. The molecule has 1 N–H and O–H groups in total. The Bertz CT molecular complexity index is 985. The normalized spacial score (nSPS) is 19.3. The lowest BCUT2D eigenvalue weighted by molar-refractivity contribution is -0.939. The van der Waals surface area contributed by atoms with Crippen LogP contribution in [0.1, 0.15) is 35.7 Å². The standard InChI is InChI=1S/C21H22N4S/c26-21-24(15-23-13-12-16-6-4-5-7-18(16)14-23)22-20(17-10-11-17)25(21)19-8-2-1-3-9-19/h1-9,17H,10-15H2/p+1. The first-order valence-electron chi connectivity index (χ1n) is 9.45. The Hall–Kier alpha value is -2.24. The van der Waals surface area contributed by atoms with Gasteiger partial charge in [0.15, 0.2) is 6.67 Å². The molecular formula is C21H23N4S+. The molecule has 1 atom stereocenters. The number of hydrogen-bond acceptors (Lipinski definition) is 2. The minimum Gasteiger partial charge on any atom is -0.312 e. The molecule has 0 saturated heterocycles. The van der Waals surface area contributed by atoms with E-state index in [9.17, 15) is 0 Å². The summed E-state index contributed by atoms with van der Waals surface area (Å²) in [6.45, 7) is 3.03. The summed E-state index contributed by atoms with van der Waals surface area (Å²) in [5.74, 6) is 1.70. The summed E-state index contributed by atoms with van der Waals surface area (Å²) >= 11 is 5.84. The molecule has 2 aliphatic rings. The van der Waals surface area contributed by atoms with Crippen LogP contribution in [-0.2, 0) is 19.6 Å². The van der Waals surface area contributed by atoms with Gasteiger partial charge in [0.05, 0.1) is 6.54 Å². The monoisotopic (exact) mass is 363 g/mol. The van der Waals surface area contributed by atoms with Gasteiger partial charge in [0.25, 0.3) is 0 Å². The minimum absolute atomic E-state index is 0.565. The van der Waals surface area contributed by atoms with Gasteiger partial charge in [-0.3, -0.25) is 4.57 Å². The second-order valence-electron chi connectivity index (χ2n) is 7.44. The highest BCUT2D eigenvalue weighted by molar-refractivity contribution is 7.71. The van der Waals surface area contributed by atoms with Crippen LogP contribution in [0.25, 0.3) is 5.69 Å². The highest BCUT2D eigenvalue weighted by Gasteiger charge is 2.31. The van der Waals surface area contributed by atoms with Crippen molar-refractivity contribution in [2.24, 2.45) is 0 Å². The Labute approximate surface area is 158 Å². The van der Waals surface area contributed by atoms with E-state index in [0.717, 1.165) is 42.5 Å². The topological polar surface area (TPSA) is 27.2 Å². The van der Waals surface area contributed by atoms with E-state index in [1.54, 1.807) is 0 Å². The minimum atomic E-state index is 0.565. The number of hydrogen-bond donors (Lipinski definition) is 1. The van der Waals surface area contributed by atoms with Crippen LogP contribution in [0, 0.1) is 4.77 Å². The molecule has 0 spiro atoms. The molecule has 1 unspecified atom stereocenters. The van der Waals surface area contributed by atoms with Gasteiger partial charge >= 0.3 is 0 Å². The predicted molar refractivity (Wildman–Crippen MR) is 104 cm³/mol. The molecule has 0 bridgehead atoms. The van der Waals surface area contributed by atoms with Crippen molar-refractivity contribution in [1.29, 1.82) is 0 Å². The number of rotatable bonds is 4. The average Bonchev–Trinajstić information content (AvgIpc) is 3.48. The lowest BCUT2D eigenvalue weighted by Gasteiger charge is -2.25.